The molecule has 0 rings (SSSR count). The molecule has 2 N–H and O–H groups in total. The van der Waals surface area contributed by atoms with Crippen molar-refractivity contribution >= 4 is 0 Å². The fourth-order valence-electron chi connectivity index (χ4n) is 1.51. The highest BCUT2D eigenvalue weighted by Crippen LogP contribution is 2.08. The summed E-state index contributed by atoms with van der Waals surface area (Å²) in [5.74, 6) is 0.554. The highest BCUT2D eigenvalue weighted by molar-refractivity contribution is 4.81. The maximum atomic E-state index is 5.51. The largest absolute Gasteiger partial charge is 0.480 e. The predicted octanol–water partition coefficient (Wildman–Crippen LogP) is 3.96. The number of nitrogens with two attached hydrogens (primary N) is 1. The molecular formula is C13H27NO. The lowest BCUT2D eigenvalue weighted by molar-refractivity contribution is 0.202. The van der Waals surface area contributed by atoms with Crippen molar-refractivity contribution in [1.29, 1.82) is 0 Å². The van der Waals surface area contributed by atoms with Crippen molar-refractivity contribution in [3.05, 3.63) is 12.0 Å². The fraction of sp³-hybridized carbons (Fsp3) is 0.846. The van der Waals surface area contributed by atoms with Crippen LogP contribution < -0.4 is 5.73 Å². The SMILES string of the molecule is C/C=C(\N)OCCCCCCCCCC. The van der Waals surface area contributed by atoms with Gasteiger partial charge < -0.3 is 10.5 Å². The van der Waals surface area contributed by atoms with Gasteiger partial charge in [0.1, 0.15) is 0 Å². The third-order valence-electron chi connectivity index (χ3n) is 2.55. The third-order valence-corrected chi connectivity index (χ3v) is 2.55. The molecule has 0 unspecified atom stereocenters. The van der Waals surface area contributed by atoms with Crippen molar-refractivity contribution < 1.29 is 4.74 Å². The highest BCUT2D eigenvalue weighted by Gasteiger charge is 1.92. The summed E-state index contributed by atoms with van der Waals surface area (Å²) in [4.78, 5) is 0. The first kappa shape index (κ1) is 14.3. The maximum Gasteiger partial charge on any atom is 0.179 e. The van der Waals surface area contributed by atoms with Crippen LogP contribution in [0.25, 0.3) is 0 Å². The van der Waals surface area contributed by atoms with E-state index in [0.717, 1.165) is 13.0 Å². The Kier molecular flexibility index (Phi) is 10.9. The van der Waals surface area contributed by atoms with Gasteiger partial charge in [0.05, 0.1) is 6.61 Å². The van der Waals surface area contributed by atoms with E-state index in [4.69, 9.17) is 10.5 Å². The second-order valence-corrected chi connectivity index (χ2v) is 4.01. The van der Waals surface area contributed by atoms with Gasteiger partial charge in [-0.1, -0.05) is 51.9 Å². The highest BCUT2D eigenvalue weighted by atomic mass is 16.5. The molecule has 0 amide bonds. The van der Waals surface area contributed by atoms with E-state index < -0.39 is 0 Å². The minimum absolute atomic E-state index is 0.554. The Bertz CT molecular complexity index is 155. The molecule has 0 fully saturated rings. The van der Waals surface area contributed by atoms with E-state index in [1.54, 1.807) is 6.08 Å². The van der Waals surface area contributed by atoms with Crippen LogP contribution in [0.15, 0.2) is 12.0 Å². The van der Waals surface area contributed by atoms with E-state index in [-0.39, 0.29) is 0 Å². The summed E-state index contributed by atoms with van der Waals surface area (Å²) < 4.78 is 5.28. The van der Waals surface area contributed by atoms with Gasteiger partial charge >= 0.3 is 0 Å². The molecule has 15 heavy (non-hydrogen) atoms. The zero-order valence-electron chi connectivity index (χ0n) is 10.4. The first-order valence-corrected chi connectivity index (χ1v) is 6.35. The molecule has 0 saturated carbocycles. The van der Waals surface area contributed by atoms with Crippen molar-refractivity contribution in [2.24, 2.45) is 5.73 Å². The lowest BCUT2D eigenvalue weighted by Crippen LogP contribution is -2.03. The minimum atomic E-state index is 0.554. The van der Waals surface area contributed by atoms with E-state index in [9.17, 15) is 0 Å². The van der Waals surface area contributed by atoms with Crippen molar-refractivity contribution in [3.8, 4) is 0 Å². The Balaban J connectivity index is 2.99. The van der Waals surface area contributed by atoms with Crippen molar-refractivity contribution in [2.45, 2.75) is 65.2 Å². The Morgan fingerprint density at radius 1 is 1.00 bits per heavy atom. The van der Waals surface area contributed by atoms with Gasteiger partial charge in [-0.15, -0.1) is 0 Å². The van der Waals surface area contributed by atoms with Crippen molar-refractivity contribution in [3.63, 3.8) is 0 Å². The number of allylic oxidation sites excluding steroid dienone is 1. The molecule has 0 aliphatic carbocycles. The molecule has 0 aromatic heterocycles. The molecule has 2 heteroatoms. The molecule has 0 radical (unpaired) electrons. The van der Waals surface area contributed by atoms with Gasteiger partial charge in [0.25, 0.3) is 0 Å². The summed E-state index contributed by atoms with van der Waals surface area (Å²) in [5.41, 5.74) is 5.51. The maximum absolute atomic E-state index is 5.51. The van der Waals surface area contributed by atoms with Crippen LogP contribution >= 0.6 is 0 Å². The Labute approximate surface area is 94.9 Å². The fourth-order valence-corrected chi connectivity index (χ4v) is 1.51. The van der Waals surface area contributed by atoms with Gasteiger partial charge in [0.2, 0.25) is 0 Å². The summed E-state index contributed by atoms with van der Waals surface area (Å²) in [6, 6.07) is 0. The standard InChI is InChI=1S/C13H27NO/c1-3-5-6-7-8-9-10-11-12-15-13(14)4-2/h4H,3,5-12,14H2,1-2H3/b13-4+. The van der Waals surface area contributed by atoms with Crippen LogP contribution in [-0.4, -0.2) is 6.61 Å². The summed E-state index contributed by atoms with van der Waals surface area (Å²) in [6.07, 6.45) is 12.4. The molecule has 2 nitrogen and oxygen atoms in total. The zero-order valence-corrected chi connectivity index (χ0v) is 10.4. The summed E-state index contributed by atoms with van der Waals surface area (Å²) in [6.45, 7) is 4.91. The van der Waals surface area contributed by atoms with Gasteiger partial charge in [-0.25, -0.2) is 0 Å². The smallest absolute Gasteiger partial charge is 0.179 e. The topological polar surface area (TPSA) is 35.2 Å². The van der Waals surface area contributed by atoms with Gasteiger partial charge in [-0.05, 0) is 19.4 Å². The quantitative estimate of drug-likeness (QED) is 0.440. The minimum Gasteiger partial charge on any atom is -0.480 e. The summed E-state index contributed by atoms with van der Waals surface area (Å²) >= 11 is 0. The molecule has 0 aromatic rings. The van der Waals surface area contributed by atoms with Gasteiger partial charge in [0.15, 0.2) is 5.88 Å². The molecule has 0 atom stereocenters. The first-order chi connectivity index (χ1) is 7.31. The van der Waals surface area contributed by atoms with Crippen LogP contribution in [0.2, 0.25) is 0 Å². The van der Waals surface area contributed by atoms with E-state index in [1.165, 1.54) is 44.9 Å². The average molecular weight is 213 g/mol. The zero-order chi connectivity index (χ0) is 11.4. The molecule has 0 bridgehead atoms. The van der Waals surface area contributed by atoms with Crippen LogP contribution in [-0.2, 0) is 4.74 Å². The lowest BCUT2D eigenvalue weighted by Gasteiger charge is -2.05. The number of unbranched alkanes of at least 4 members (excludes halogenated alkanes) is 7. The van der Waals surface area contributed by atoms with Gasteiger partial charge in [-0.3, -0.25) is 0 Å². The van der Waals surface area contributed by atoms with Crippen LogP contribution in [0.5, 0.6) is 0 Å². The molecular weight excluding hydrogens is 186 g/mol. The lowest BCUT2D eigenvalue weighted by atomic mass is 10.1. The molecule has 0 saturated heterocycles. The van der Waals surface area contributed by atoms with E-state index >= 15 is 0 Å². The number of hydrogen-bond acceptors (Lipinski definition) is 2. The van der Waals surface area contributed by atoms with Gasteiger partial charge in [0, 0.05) is 0 Å². The number of rotatable bonds is 10. The normalized spacial score (nSPS) is 11.7. The molecule has 0 aliphatic rings. The summed E-state index contributed by atoms with van der Waals surface area (Å²) in [5, 5.41) is 0. The van der Waals surface area contributed by atoms with Crippen LogP contribution in [0.3, 0.4) is 0 Å². The van der Waals surface area contributed by atoms with Crippen LogP contribution in [0, 0.1) is 0 Å². The summed E-state index contributed by atoms with van der Waals surface area (Å²) in [7, 11) is 0. The van der Waals surface area contributed by atoms with Crippen LogP contribution in [0.4, 0.5) is 0 Å². The van der Waals surface area contributed by atoms with Crippen LogP contribution in [0.1, 0.15) is 65.2 Å². The van der Waals surface area contributed by atoms with E-state index in [2.05, 4.69) is 6.92 Å². The monoisotopic (exact) mass is 213 g/mol. The molecule has 0 aliphatic heterocycles. The Morgan fingerprint density at radius 2 is 1.53 bits per heavy atom. The Hall–Kier alpha value is -0.660. The molecule has 0 heterocycles. The molecule has 0 spiro atoms. The first-order valence-electron chi connectivity index (χ1n) is 6.35. The second-order valence-electron chi connectivity index (χ2n) is 4.01. The number of ether oxygens (including phenoxy) is 1. The van der Waals surface area contributed by atoms with Gasteiger partial charge in [-0.2, -0.15) is 0 Å². The molecule has 0 aromatic carbocycles. The molecule has 90 valence electrons. The Morgan fingerprint density at radius 3 is 2.07 bits per heavy atom. The number of hydrogen-bond donors (Lipinski definition) is 1. The third kappa shape index (κ3) is 11.3. The van der Waals surface area contributed by atoms with E-state index in [1.807, 2.05) is 6.92 Å². The average Bonchev–Trinajstić information content (AvgIpc) is 2.26. The van der Waals surface area contributed by atoms with E-state index in [0.29, 0.717) is 5.88 Å². The van der Waals surface area contributed by atoms with Crippen molar-refractivity contribution in [2.75, 3.05) is 6.61 Å². The second kappa shape index (κ2) is 11.4. The van der Waals surface area contributed by atoms with Crippen molar-refractivity contribution in [1.82, 2.24) is 0 Å². The predicted molar refractivity (Wildman–Crippen MR) is 66.5 cm³/mol.